The summed E-state index contributed by atoms with van der Waals surface area (Å²) in [6, 6.07) is 17.9. The van der Waals surface area contributed by atoms with Crippen LogP contribution in [-0.2, 0) is 0 Å². The number of halogens is 3. The molecule has 0 aliphatic rings. The van der Waals surface area contributed by atoms with E-state index in [9.17, 15) is 0 Å². The minimum atomic E-state index is 0.536. The minimum Gasteiger partial charge on any atom is -0.355 e. The van der Waals surface area contributed by atoms with E-state index in [2.05, 4.69) is 44.4 Å². The van der Waals surface area contributed by atoms with Crippen LogP contribution in [-0.4, -0.2) is 4.98 Å². The Kier molecular flexibility index (Phi) is 3.72. The van der Waals surface area contributed by atoms with Gasteiger partial charge in [-0.25, -0.2) is 0 Å². The second-order valence-corrected chi connectivity index (χ2v) is 6.97. The van der Waals surface area contributed by atoms with Crippen molar-refractivity contribution in [2.45, 2.75) is 0 Å². The average Bonchev–Trinajstić information content (AvgIpc) is 2.91. The fraction of sp³-hybridized carbons (Fsp3) is 0. The van der Waals surface area contributed by atoms with E-state index in [1.54, 1.807) is 6.07 Å². The van der Waals surface area contributed by atoms with E-state index >= 15 is 0 Å². The van der Waals surface area contributed by atoms with Crippen LogP contribution in [0.4, 0.5) is 11.4 Å². The lowest BCUT2D eigenvalue weighted by molar-refractivity contribution is 1.52. The number of hydrogen-bond acceptors (Lipinski definition) is 1. The van der Waals surface area contributed by atoms with Crippen LogP contribution in [0, 0.1) is 0 Å². The fourth-order valence-corrected chi connectivity index (χ4v) is 3.47. The van der Waals surface area contributed by atoms with E-state index < -0.39 is 0 Å². The molecule has 4 aromatic rings. The molecule has 0 atom stereocenters. The first-order chi connectivity index (χ1) is 11.1. The number of nitrogens with one attached hydrogen (secondary N) is 2. The number of H-pyrrole nitrogens is 1. The molecule has 0 unspecified atom stereocenters. The summed E-state index contributed by atoms with van der Waals surface area (Å²) in [5.41, 5.74) is 4.11. The zero-order valence-corrected chi connectivity index (χ0v) is 14.9. The van der Waals surface area contributed by atoms with Gasteiger partial charge in [-0.2, -0.15) is 0 Å². The van der Waals surface area contributed by atoms with Gasteiger partial charge < -0.3 is 10.3 Å². The van der Waals surface area contributed by atoms with E-state index in [0.29, 0.717) is 10.0 Å². The van der Waals surface area contributed by atoms with Crippen LogP contribution in [0.3, 0.4) is 0 Å². The standard InChI is InChI=1S/C18H11BrCl2N2/c19-14-3-1-2-12-13-8-10(5-7-17(13)23-18(12)14)22-11-4-6-15(20)16(21)9-11/h1-9,22-23H. The molecule has 1 heterocycles. The minimum absolute atomic E-state index is 0.536. The third-order valence-electron chi connectivity index (χ3n) is 3.79. The molecule has 4 rings (SSSR count). The number of benzene rings is 3. The Morgan fingerprint density at radius 1 is 0.826 bits per heavy atom. The second-order valence-electron chi connectivity index (χ2n) is 5.30. The van der Waals surface area contributed by atoms with Crippen molar-refractivity contribution in [3.63, 3.8) is 0 Å². The number of para-hydroxylation sites is 1. The van der Waals surface area contributed by atoms with Gasteiger partial charge >= 0.3 is 0 Å². The average molecular weight is 406 g/mol. The molecule has 0 aliphatic carbocycles. The van der Waals surface area contributed by atoms with Crippen molar-refractivity contribution in [2.75, 3.05) is 5.32 Å². The normalized spacial score (nSPS) is 11.3. The van der Waals surface area contributed by atoms with Crippen LogP contribution in [0.25, 0.3) is 21.8 Å². The van der Waals surface area contributed by atoms with Gasteiger partial charge in [0.15, 0.2) is 0 Å². The van der Waals surface area contributed by atoms with Crippen molar-refractivity contribution in [1.82, 2.24) is 4.98 Å². The molecule has 3 aromatic carbocycles. The summed E-state index contributed by atoms with van der Waals surface area (Å²) in [7, 11) is 0. The molecule has 0 amide bonds. The molecule has 0 fully saturated rings. The van der Waals surface area contributed by atoms with Crippen molar-refractivity contribution in [1.29, 1.82) is 0 Å². The molecule has 0 spiro atoms. The molecule has 0 aliphatic heterocycles. The highest BCUT2D eigenvalue weighted by molar-refractivity contribution is 9.10. The maximum atomic E-state index is 6.07. The summed E-state index contributed by atoms with van der Waals surface area (Å²) in [6.07, 6.45) is 0. The first kappa shape index (κ1) is 14.9. The topological polar surface area (TPSA) is 27.8 Å². The van der Waals surface area contributed by atoms with Crippen LogP contribution in [0.2, 0.25) is 10.0 Å². The summed E-state index contributed by atoms with van der Waals surface area (Å²) in [5, 5.41) is 6.81. The highest BCUT2D eigenvalue weighted by Gasteiger charge is 2.08. The fourth-order valence-electron chi connectivity index (χ4n) is 2.70. The number of aromatic amines is 1. The maximum absolute atomic E-state index is 6.07. The van der Waals surface area contributed by atoms with Crippen LogP contribution in [0.5, 0.6) is 0 Å². The van der Waals surface area contributed by atoms with Gasteiger partial charge in [-0.3, -0.25) is 0 Å². The highest BCUT2D eigenvalue weighted by atomic mass is 79.9. The molecule has 23 heavy (non-hydrogen) atoms. The summed E-state index contributed by atoms with van der Waals surface area (Å²) in [5.74, 6) is 0. The third kappa shape index (κ3) is 2.69. The van der Waals surface area contributed by atoms with E-state index in [1.165, 1.54) is 10.8 Å². The lowest BCUT2D eigenvalue weighted by Crippen LogP contribution is -1.89. The van der Waals surface area contributed by atoms with Crippen LogP contribution in [0.15, 0.2) is 59.1 Å². The third-order valence-corrected chi connectivity index (χ3v) is 5.19. The van der Waals surface area contributed by atoms with Gasteiger partial charge in [0, 0.05) is 32.1 Å². The predicted octanol–water partition coefficient (Wildman–Crippen LogP) is 7.13. The van der Waals surface area contributed by atoms with Crippen molar-refractivity contribution in [3.8, 4) is 0 Å². The predicted molar refractivity (Wildman–Crippen MR) is 103 cm³/mol. The Morgan fingerprint density at radius 3 is 2.43 bits per heavy atom. The van der Waals surface area contributed by atoms with Gasteiger partial charge in [0.25, 0.3) is 0 Å². The molecule has 114 valence electrons. The number of hydrogen-bond donors (Lipinski definition) is 2. The lowest BCUT2D eigenvalue weighted by Gasteiger charge is -2.08. The zero-order chi connectivity index (χ0) is 16.0. The Morgan fingerprint density at radius 2 is 1.61 bits per heavy atom. The quantitative estimate of drug-likeness (QED) is 0.364. The molecular weight excluding hydrogens is 395 g/mol. The van der Waals surface area contributed by atoms with Crippen LogP contribution < -0.4 is 5.32 Å². The molecule has 0 saturated carbocycles. The maximum Gasteiger partial charge on any atom is 0.0612 e. The molecule has 2 nitrogen and oxygen atoms in total. The monoisotopic (exact) mass is 404 g/mol. The number of fused-ring (bicyclic) bond motifs is 3. The molecule has 1 aromatic heterocycles. The summed E-state index contributed by atoms with van der Waals surface area (Å²) in [4.78, 5) is 3.44. The summed E-state index contributed by atoms with van der Waals surface area (Å²) in [6.45, 7) is 0. The van der Waals surface area contributed by atoms with Crippen LogP contribution in [0.1, 0.15) is 0 Å². The van der Waals surface area contributed by atoms with Crippen molar-refractivity contribution in [2.24, 2.45) is 0 Å². The molecule has 0 bridgehead atoms. The lowest BCUT2D eigenvalue weighted by atomic mass is 10.1. The van der Waals surface area contributed by atoms with Crippen molar-refractivity contribution in [3.05, 3.63) is 69.1 Å². The highest BCUT2D eigenvalue weighted by Crippen LogP contribution is 2.33. The van der Waals surface area contributed by atoms with Crippen molar-refractivity contribution >= 4 is 72.3 Å². The molecule has 5 heteroatoms. The van der Waals surface area contributed by atoms with Gasteiger partial charge in [-0.15, -0.1) is 0 Å². The van der Waals surface area contributed by atoms with Gasteiger partial charge in [-0.05, 0) is 58.4 Å². The number of anilines is 2. The Hall–Kier alpha value is -1.68. The van der Waals surface area contributed by atoms with Gasteiger partial charge in [0.05, 0.1) is 15.6 Å². The largest absolute Gasteiger partial charge is 0.355 e. The first-order valence-corrected chi connectivity index (χ1v) is 8.59. The Balaban J connectivity index is 1.80. The van der Waals surface area contributed by atoms with E-state index in [4.69, 9.17) is 23.2 Å². The van der Waals surface area contributed by atoms with E-state index in [-0.39, 0.29) is 0 Å². The number of aromatic nitrogens is 1. The van der Waals surface area contributed by atoms with E-state index in [1.807, 2.05) is 30.3 Å². The van der Waals surface area contributed by atoms with Crippen molar-refractivity contribution < 1.29 is 0 Å². The number of rotatable bonds is 2. The zero-order valence-electron chi connectivity index (χ0n) is 11.8. The summed E-state index contributed by atoms with van der Waals surface area (Å²) >= 11 is 15.6. The van der Waals surface area contributed by atoms with Gasteiger partial charge in [0.2, 0.25) is 0 Å². The molecule has 2 N–H and O–H groups in total. The van der Waals surface area contributed by atoms with Crippen LogP contribution >= 0.6 is 39.1 Å². The SMILES string of the molecule is Clc1ccc(Nc2ccc3[nH]c4c(Br)cccc4c3c2)cc1Cl. The molecule has 0 radical (unpaired) electrons. The molecule has 0 saturated heterocycles. The smallest absolute Gasteiger partial charge is 0.0612 e. The summed E-state index contributed by atoms with van der Waals surface area (Å²) < 4.78 is 1.06. The first-order valence-electron chi connectivity index (χ1n) is 7.04. The Labute approximate surface area is 151 Å². The second kappa shape index (κ2) is 5.75. The Bertz CT molecular complexity index is 1040. The molecular formula is C18H11BrCl2N2. The van der Waals surface area contributed by atoms with Gasteiger partial charge in [0.1, 0.15) is 0 Å². The van der Waals surface area contributed by atoms with E-state index in [0.717, 1.165) is 26.9 Å². The van der Waals surface area contributed by atoms with Gasteiger partial charge in [-0.1, -0.05) is 35.3 Å².